The Morgan fingerprint density at radius 1 is 1.12 bits per heavy atom. The minimum Gasteiger partial charge on any atom is -0.308 e. The molecule has 0 aromatic heterocycles. The van der Waals surface area contributed by atoms with Gasteiger partial charge in [-0.25, -0.2) is 8.42 Å². The van der Waals surface area contributed by atoms with Crippen LogP contribution in [0.2, 0.25) is 0 Å². The van der Waals surface area contributed by atoms with Crippen LogP contribution in [0, 0.1) is 5.92 Å². The fourth-order valence-electron chi connectivity index (χ4n) is 2.81. The third-order valence-corrected chi connectivity index (χ3v) is 5.29. The average molecular weight is 251 g/mol. The van der Waals surface area contributed by atoms with Crippen LogP contribution in [0.25, 0.3) is 0 Å². The maximum atomic E-state index is 11.9. The van der Waals surface area contributed by atoms with E-state index in [2.05, 4.69) is 0 Å². The van der Waals surface area contributed by atoms with Gasteiger partial charge >= 0.3 is 0 Å². The molecule has 2 aliphatic heterocycles. The summed E-state index contributed by atoms with van der Waals surface area (Å²) in [7, 11) is -2.96. The van der Waals surface area contributed by atoms with E-state index in [0.29, 0.717) is 6.42 Å². The highest BCUT2D eigenvalue weighted by molar-refractivity contribution is 7.91. The first-order valence-electron chi connectivity index (χ1n) is 5.64. The largest absolute Gasteiger partial charge is 0.308 e. The molecule has 0 saturated carbocycles. The SMILES string of the molecule is O=C1CC2CS(=O)(=O)CC2N1c1ccccc1. The van der Waals surface area contributed by atoms with Crippen LogP contribution in [0.4, 0.5) is 5.69 Å². The Morgan fingerprint density at radius 2 is 1.82 bits per heavy atom. The molecule has 2 atom stereocenters. The van der Waals surface area contributed by atoms with Crippen molar-refractivity contribution in [2.75, 3.05) is 16.4 Å². The van der Waals surface area contributed by atoms with Crippen molar-refractivity contribution in [1.29, 1.82) is 0 Å². The van der Waals surface area contributed by atoms with Crippen molar-refractivity contribution >= 4 is 21.4 Å². The number of sulfone groups is 1. The topological polar surface area (TPSA) is 54.5 Å². The molecule has 2 fully saturated rings. The molecule has 0 radical (unpaired) electrons. The van der Waals surface area contributed by atoms with Crippen LogP contribution < -0.4 is 4.90 Å². The molecule has 2 unspecified atom stereocenters. The lowest BCUT2D eigenvalue weighted by atomic mass is 10.1. The van der Waals surface area contributed by atoms with Gasteiger partial charge in [0, 0.05) is 18.0 Å². The summed E-state index contributed by atoms with van der Waals surface area (Å²) in [5, 5.41) is 0. The maximum absolute atomic E-state index is 11.9. The van der Waals surface area contributed by atoms with Crippen LogP contribution in [0.3, 0.4) is 0 Å². The molecule has 2 heterocycles. The number of nitrogens with zero attached hydrogens (tertiary/aromatic N) is 1. The molecule has 1 amide bonds. The van der Waals surface area contributed by atoms with E-state index in [1.165, 1.54) is 0 Å². The summed E-state index contributed by atoms with van der Waals surface area (Å²) in [5.74, 6) is 0.291. The standard InChI is InChI=1S/C12H13NO3S/c14-12-6-9-7-17(15,16)8-11(9)13(12)10-4-2-1-3-5-10/h1-5,9,11H,6-8H2. The van der Waals surface area contributed by atoms with Gasteiger partial charge in [0.1, 0.15) is 0 Å². The molecule has 0 N–H and O–H groups in total. The monoisotopic (exact) mass is 251 g/mol. The summed E-state index contributed by atoms with van der Waals surface area (Å²) >= 11 is 0. The summed E-state index contributed by atoms with van der Waals surface area (Å²) < 4.78 is 23.2. The highest BCUT2D eigenvalue weighted by Gasteiger charge is 2.49. The van der Waals surface area contributed by atoms with Gasteiger partial charge in [-0.1, -0.05) is 18.2 Å². The molecular weight excluding hydrogens is 238 g/mol. The molecule has 17 heavy (non-hydrogen) atoms. The normalized spacial score (nSPS) is 30.6. The Bertz CT molecular complexity index is 552. The maximum Gasteiger partial charge on any atom is 0.227 e. The fourth-order valence-corrected chi connectivity index (χ4v) is 4.88. The predicted molar refractivity (Wildman–Crippen MR) is 64.5 cm³/mol. The number of anilines is 1. The van der Waals surface area contributed by atoms with E-state index in [1.54, 1.807) is 4.90 Å². The zero-order valence-corrected chi connectivity index (χ0v) is 10.1. The quantitative estimate of drug-likeness (QED) is 0.743. The van der Waals surface area contributed by atoms with Crippen molar-refractivity contribution < 1.29 is 13.2 Å². The van der Waals surface area contributed by atoms with Gasteiger partial charge in [0.05, 0.1) is 17.5 Å². The first-order chi connectivity index (χ1) is 8.07. The molecule has 2 aliphatic rings. The second kappa shape index (κ2) is 3.57. The van der Waals surface area contributed by atoms with Crippen LogP contribution in [0.1, 0.15) is 6.42 Å². The van der Waals surface area contributed by atoms with Crippen molar-refractivity contribution in [3.63, 3.8) is 0 Å². The molecule has 3 rings (SSSR count). The van der Waals surface area contributed by atoms with Crippen molar-refractivity contribution in [3.8, 4) is 0 Å². The predicted octanol–water partition coefficient (Wildman–Crippen LogP) is 0.836. The number of benzene rings is 1. The molecule has 1 aromatic carbocycles. The molecule has 0 bridgehead atoms. The Hall–Kier alpha value is -1.36. The third kappa shape index (κ3) is 1.74. The minimum absolute atomic E-state index is 0.0206. The van der Waals surface area contributed by atoms with Gasteiger partial charge < -0.3 is 4.90 Å². The van der Waals surface area contributed by atoms with E-state index in [4.69, 9.17) is 0 Å². The smallest absolute Gasteiger partial charge is 0.227 e. The number of carbonyl (C=O) groups is 1. The number of fused-ring (bicyclic) bond motifs is 1. The summed E-state index contributed by atoms with van der Waals surface area (Å²) in [6.45, 7) is 0. The van der Waals surface area contributed by atoms with E-state index in [-0.39, 0.29) is 29.4 Å². The van der Waals surface area contributed by atoms with E-state index in [9.17, 15) is 13.2 Å². The van der Waals surface area contributed by atoms with Crippen molar-refractivity contribution in [1.82, 2.24) is 0 Å². The van der Waals surface area contributed by atoms with E-state index >= 15 is 0 Å². The lowest BCUT2D eigenvalue weighted by molar-refractivity contribution is -0.117. The molecule has 0 aliphatic carbocycles. The molecule has 2 saturated heterocycles. The number of hydrogen-bond acceptors (Lipinski definition) is 3. The fraction of sp³-hybridized carbons (Fsp3) is 0.417. The zero-order valence-electron chi connectivity index (χ0n) is 9.24. The Labute approximate surface area is 100 Å². The first-order valence-corrected chi connectivity index (χ1v) is 7.46. The van der Waals surface area contributed by atoms with E-state index < -0.39 is 9.84 Å². The lowest BCUT2D eigenvalue weighted by Gasteiger charge is -2.23. The number of carbonyl (C=O) groups excluding carboxylic acids is 1. The number of hydrogen-bond donors (Lipinski definition) is 0. The van der Waals surface area contributed by atoms with Crippen LogP contribution >= 0.6 is 0 Å². The molecular formula is C12H13NO3S. The van der Waals surface area contributed by atoms with Crippen LogP contribution in [-0.4, -0.2) is 31.9 Å². The van der Waals surface area contributed by atoms with Gasteiger partial charge in [-0.05, 0) is 12.1 Å². The summed E-state index contributed by atoms with van der Waals surface area (Å²) in [6, 6.07) is 9.15. The number of para-hydroxylation sites is 1. The first kappa shape index (κ1) is 10.8. The van der Waals surface area contributed by atoms with Crippen LogP contribution in [-0.2, 0) is 14.6 Å². The van der Waals surface area contributed by atoms with Gasteiger partial charge in [-0.2, -0.15) is 0 Å². The Balaban J connectivity index is 1.98. The van der Waals surface area contributed by atoms with Gasteiger partial charge in [-0.15, -0.1) is 0 Å². The molecule has 0 spiro atoms. The highest BCUT2D eigenvalue weighted by atomic mass is 32.2. The van der Waals surface area contributed by atoms with E-state index in [0.717, 1.165) is 5.69 Å². The van der Waals surface area contributed by atoms with Crippen molar-refractivity contribution in [2.45, 2.75) is 12.5 Å². The minimum atomic E-state index is -2.96. The second-order valence-corrected chi connectivity index (χ2v) is 6.86. The Kier molecular flexibility index (Phi) is 2.26. The van der Waals surface area contributed by atoms with Gasteiger partial charge in [0.2, 0.25) is 5.91 Å². The second-order valence-electron chi connectivity index (χ2n) is 4.71. The number of amides is 1. The highest BCUT2D eigenvalue weighted by Crippen LogP contribution is 2.36. The zero-order chi connectivity index (χ0) is 12.0. The molecule has 1 aromatic rings. The van der Waals surface area contributed by atoms with Crippen molar-refractivity contribution in [2.24, 2.45) is 5.92 Å². The third-order valence-electron chi connectivity index (χ3n) is 3.51. The summed E-state index contributed by atoms with van der Waals surface area (Å²) in [5.41, 5.74) is 0.808. The van der Waals surface area contributed by atoms with Gasteiger partial charge in [0.25, 0.3) is 0 Å². The van der Waals surface area contributed by atoms with E-state index in [1.807, 2.05) is 30.3 Å². The summed E-state index contributed by atoms with van der Waals surface area (Å²) in [4.78, 5) is 13.6. The van der Waals surface area contributed by atoms with Crippen LogP contribution in [0.5, 0.6) is 0 Å². The summed E-state index contributed by atoms with van der Waals surface area (Å²) in [6.07, 6.45) is 0.360. The van der Waals surface area contributed by atoms with Gasteiger partial charge in [-0.3, -0.25) is 4.79 Å². The molecule has 4 nitrogen and oxygen atoms in total. The molecule has 5 heteroatoms. The van der Waals surface area contributed by atoms with Crippen molar-refractivity contribution in [3.05, 3.63) is 30.3 Å². The lowest BCUT2D eigenvalue weighted by Crippen LogP contribution is -2.36. The van der Waals surface area contributed by atoms with Gasteiger partial charge in [0.15, 0.2) is 9.84 Å². The molecule has 90 valence electrons. The van der Waals surface area contributed by atoms with Crippen LogP contribution in [0.15, 0.2) is 30.3 Å². The Morgan fingerprint density at radius 3 is 2.53 bits per heavy atom. The average Bonchev–Trinajstić information content (AvgIpc) is 2.69. The number of rotatable bonds is 1.